The van der Waals surface area contributed by atoms with E-state index < -0.39 is 11.4 Å². The molecule has 2 N–H and O–H groups in total. The van der Waals surface area contributed by atoms with Gasteiger partial charge in [-0.3, -0.25) is 9.59 Å². The molecule has 3 atom stereocenters. The Morgan fingerprint density at radius 2 is 2.00 bits per heavy atom. The fraction of sp³-hybridized carbons (Fsp3) is 0.867. The van der Waals surface area contributed by atoms with E-state index in [0.717, 1.165) is 38.7 Å². The Hall–Kier alpha value is -1.10. The highest BCUT2D eigenvalue weighted by molar-refractivity contribution is 5.85. The lowest BCUT2D eigenvalue weighted by Gasteiger charge is -2.38. The van der Waals surface area contributed by atoms with E-state index in [9.17, 15) is 14.7 Å². The molecule has 0 aromatic carbocycles. The van der Waals surface area contributed by atoms with Crippen LogP contribution in [0.15, 0.2) is 0 Å². The zero-order valence-electron chi connectivity index (χ0n) is 11.8. The zero-order valence-corrected chi connectivity index (χ0v) is 11.8. The van der Waals surface area contributed by atoms with Crippen molar-refractivity contribution >= 4 is 11.9 Å². The summed E-state index contributed by atoms with van der Waals surface area (Å²) in [4.78, 5) is 23.5. The summed E-state index contributed by atoms with van der Waals surface area (Å²) >= 11 is 0. The summed E-state index contributed by atoms with van der Waals surface area (Å²) < 4.78 is 5.69. The first-order valence-corrected chi connectivity index (χ1v) is 7.75. The number of carbonyl (C=O) groups is 2. The van der Waals surface area contributed by atoms with Gasteiger partial charge in [-0.1, -0.05) is 6.42 Å². The summed E-state index contributed by atoms with van der Waals surface area (Å²) in [5.41, 5.74) is -0.787. The van der Waals surface area contributed by atoms with Crippen LogP contribution in [0.3, 0.4) is 0 Å². The van der Waals surface area contributed by atoms with Gasteiger partial charge < -0.3 is 15.2 Å². The maximum Gasteiger partial charge on any atom is 0.310 e. The Morgan fingerprint density at radius 3 is 2.65 bits per heavy atom. The first-order valence-electron chi connectivity index (χ1n) is 7.75. The summed E-state index contributed by atoms with van der Waals surface area (Å²) in [6.45, 7) is 0.792. The Kier molecular flexibility index (Phi) is 3.71. The molecule has 112 valence electrons. The van der Waals surface area contributed by atoms with Gasteiger partial charge in [-0.25, -0.2) is 0 Å². The summed E-state index contributed by atoms with van der Waals surface area (Å²) in [5, 5.41) is 12.4. The lowest BCUT2D eigenvalue weighted by Crippen LogP contribution is -2.49. The molecule has 0 aromatic heterocycles. The third kappa shape index (κ3) is 2.43. The molecule has 3 aliphatic rings. The average Bonchev–Trinajstić information content (AvgIpc) is 2.82. The van der Waals surface area contributed by atoms with E-state index in [1.807, 2.05) is 0 Å². The second kappa shape index (κ2) is 5.35. The minimum absolute atomic E-state index is 0.0929. The topological polar surface area (TPSA) is 75.6 Å². The van der Waals surface area contributed by atoms with Crippen LogP contribution in [0.5, 0.6) is 0 Å². The van der Waals surface area contributed by atoms with Crippen molar-refractivity contribution in [2.24, 2.45) is 11.3 Å². The highest BCUT2D eigenvalue weighted by atomic mass is 16.5. The van der Waals surface area contributed by atoms with Gasteiger partial charge in [0.15, 0.2) is 0 Å². The molecule has 5 nitrogen and oxygen atoms in total. The van der Waals surface area contributed by atoms with E-state index in [0.29, 0.717) is 24.9 Å². The van der Waals surface area contributed by atoms with Crippen LogP contribution >= 0.6 is 0 Å². The molecule has 1 amide bonds. The maximum atomic E-state index is 12.2. The molecule has 0 aromatic rings. The quantitative estimate of drug-likeness (QED) is 0.822. The van der Waals surface area contributed by atoms with Gasteiger partial charge in [0, 0.05) is 25.0 Å². The Labute approximate surface area is 119 Å². The van der Waals surface area contributed by atoms with E-state index in [-0.39, 0.29) is 18.4 Å². The van der Waals surface area contributed by atoms with Crippen molar-refractivity contribution in [3.63, 3.8) is 0 Å². The summed E-state index contributed by atoms with van der Waals surface area (Å²) in [6.07, 6.45) is 6.80. The van der Waals surface area contributed by atoms with Crippen molar-refractivity contribution in [3.05, 3.63) is 0 Å². The van der Waals surface area contributed by atoms with Gasteiger partial charge >= 0.3 is 5.97 Å². The molecule has 20 heavy (non-hydrogen) atoms. The number of rotatable bonds is 4. The molecule has 3 fully saturated rings. The third-order valence-corrected chi connectivity index (χ3v) is 5.39. The van der Waals surface area contributed by atoms with Crippen molar-refractivity contribution < 1.29 is 19.4 Å². The molecule has 0 radical (unpaired) electrons. The van der Waals surface area contributed by atoms with Gasteiger partial charge in [0.05, 0.1) is 11.5 Å². The van der Waals surface area contributed by atoms with E-state index in [1.165, 1.54) is 0 Å². The first-order chi connectivity index (χ1) is 9.61. The van der Waals surface area contributed by atoms with Crippen molar-refractivity contribution in [1.29, 1.82) is 0 Å². The molecule has 5 heteroatoms. The minimum atomic E-state index is -0.815. The van der Waals surface area contributed by atoms with Gasteiger partial charge in [0.25, 0.3) is 0 Å². The summed E-state index contributed by atoms with van der Waals surface area (Å²) in [5.74, 6) is -0.482. The predicted molar refractivity (Wildman–Crippen MR) is 72.2 cm³/mol. The average molecular weight is 281 g/mol. The number of aliphatic carboxylic acids is 1. The van der Waals surface area contributed by atoms with Crippen LogP contribution < -0.4 is 5.32 Å². The van der Waals surface area contributed by atoms with E-state index in [4.69, 9.17) is 4.74 Å². The zero-order chi connectivity index (χ0) is 14.2. The van der Waals surface area contributed by atoms with Crippen LogP contribution in [0.2, 0.25) is 0 Å². The van der Waals surface area contributed by atoms with Crippen molar-refractivity contribution in [2.75, 3.05) is 6.61 Å². The number of carboxylic acid groups (broad SMARTS) is 1. The lowest BCUT2D eigenvalue weighted by molar-refractivity contribution is -0.157. The number of carboxylic acids is 1. The van der Waals surface area contributed by atoms with Crippen LogP contribution in [0.4, 0.5) is 0 Å². The Bertz CT molecular complexity index is 405. The number of nitrogens with one attached hydrogen (secondary N) is 1. The van der Waals surface area contributed by atoms with Crippen molar-refractivity contribution in [1.82, 2.24) is 5.32 Å². The molecule has 1 saturated heterocycles. The standard InChI is InChI=1S/C15H23NO4/c17-13(9-15(14(18)19)6-2-7-15)16-11-3-1-4-12-10(11)5-8-20-12/h10-12H,1-9H2,(H,16,17)(H,18,19). The second-order valence-electron chi connectivity index (χ2n) is 6.58. The highest BCUT2D eigenvalue weighted by Crippen LogP contribution is 2.44. The molecule has 1 heterocycles. The predicted octanol–water partition coefficient (Wildman–Crippen LogP) is 1.71. The second-order valence-corrected chi connectivity index (χ2v) is 6.58. The van der Waals surface area contributed by atoms with Crippen molar-refractivity contribution in [2.45, 2.75) is 63.5 Å². The van der Waals surface area contributed by atoms with Crippen LogP contribution in [0, 0.1) is 11.3 Å². The minimum Gasteiger partial charge on any atom is -0.481 e. The number of carbonyl (C=O) groups excluding carboxylic acids is 1. The number of ether oxygens (including phenoxy) is 1. The molecule has 2 saturated carbocycles. The van der Waals surface area contributed by atoms with E-state index in [2.05, 4.69) is 5.32 Å². The molecular formula is C15H23NO4. The number of fused-ring (bicyclic) bond motifs is 1. The fourth-order valence-electron chi connectivity index (χ4n) is 3.99. The number of hydrogen-bond donors (Lipinski definition) is 2. The molecule has 2 aliphatic carbocycles. The van der Waals surface area contributed by atoms with Crippen LogP contribution in [-0.2, 0) is 14.3 Å². The van der Waals surface area contributed by atoms with E-state index in [1.54, 1.807) is 0 Å². The smallest absolute Gasteiger partial charge is 0.310 e. The normalized spacial score (nSPS) is 34.9. The monoisotopic (exact) mass is 281 g/mol. The van der Waals surface area contributed by atoms with Gasteiger partial charge in [-0.05, 0) is 38.5 Å². The molecule has 1 aliphatic heterocycles. The van der Waals surface area contributed by atoms with Crippen LogP contribution in [0.1, 0.15) is 51.4 Å². The van der Waals surface area contributed by atoms with Gasteiger partial charge in [-0.15, -0.1) is 0 Å². The molecule has 0 bridgehead atoms. The molecule has 3 unspecified atom stereocenters. The number of hydrogen-bond acceptors (Lipinski definition) is 3. The first kappa shape index (κ1) is 13.9. The summed E-state index contributed by atoms with van der Waals surface area (Å²) in [7, 11) is 0. The maximum absolute atomic E-state index is 12.2. The third-order valence-electron chi connectivity index (χ3n) is 5.39. The van der Waals surface area contributed by atoms with E-state index >= 15 is 0 Å². The fourth-order valence-corrected chi connectivity index (χ4v) is 3.99. The van der Waals surface area contributed by atoms with Gasteiger partial charge in [0.1, 0.15) is 0 Å². The Morgan fingerprint density at radius 1 is 1.20 bits per heavy atom. The largest absolute Gasteiger partial charge is 0.481 e. The highest BCUT2D eigenvalue weighted by Gasteiger charge is 2.46. The van der Waals surface area contributed by atoms with Gasteiger partial charge in [-0.2, -0.15) is 0 Å². The lowest BCUT2D eigenvalue weighted by atomic mass is 9.66. The van der Waals surface area contributed by atoms with Crippen molar-refractivity contribution in [3.8, 4) is 0 Å². The van der Waals surface area contributed by atoms with Crippen LogP contribution in [0.25, 0.3) is 0 Å². The molecular weight excluding hydrogens is 258 g/mol. The SMILES string of the molecule is O=C(CC1(C(=O)O)CCC1)NC1CCCC2OCCC12. The molecule has 0 spiro atoms. The number of amides is 1. The van der Waals surface area contributed by atoms with Crippen LogP contribution in [-0.4, -0.2) is 35.7 Å². The Balaban J connectivity index is 1.57. The summed E-state index contributed by atoms with van der Waals surface area (Å²) in [6, 6.07) is 0.176. The molecule has 3 rings (SSSR count). The van der Waals surface area contributed by atoms with Gasteiger partial charge in [0.2, 0.25) is 5.91 Å².